The lowest BCUT2D eigenvalue weighted by molar-refractivity contribution is -0.182. The van der Waals surface area contributed by atoms with Gasteiger partial charge in [0.15, 0.2) is 0 Å². The number of carbonyl (C=O) groups is 1. The van der Waals surface area contributed by atoms with Crippen LogP contribution in [0.5, 0.6) is 0 Å². The summed E-state index contributed by atoms with van der Waals surface area (Å²) in [7, 11) is 0. The van der Waals surface area contributed by atoms with Crippen molar-refractivity contribution < 1.29 is 23.8 Å². The van der Waals surface area contributed by atoms with Crippen molar-refractivity contribution in [2.45, 2.75) is 43.6 Å². The molecule has 1 unspecified atom stereocenters. The van der Waals surface area contributed by atoms with E-state index in [4.69, 9.17) is 0 Å². The summed E-state index contributed by atoms with van der Waals surface area (Å²) in [6, 6.07) is 0. The van der Waals surface area contributed by atoms with Gasteiger partial charge < -0.3 is 10.2 Å². The molecule has 0 radical (unpaired) electrons. The summed E-state index contributed by atoms with van der Waals surface area (Å²) >= 11 is 1.49. The molecule has 1 atom stereocenters. The van der Waals surface area contributed by atoms with E-state index in [0.29, 0.717) is 17.9 Å². The van der Waals surface area contributed by atoms with Gasteiger partial charge in [0, 0.05) is 18.6 Å². The number of alkyl halides is 2. The lowest BCUT2D eigenvalue weighted by Crippen LogP contribution is -2.56. The zero-order chi connectivity index (χ0) is 12.7. The number of aliphatic carboxylic acids is 1. The fraction of sp³-hybridized carbons (Fsp3) is 0.909. The molecule has 1 saturated carbocycles. The Labute approximate surface area is 103 Å². The van der Waals surface area contributed by atoms with Gasteiger partial charge in [-0.3, -0.25) is 4.79 Å². The molecule has 0 aromatic heterocycles. The van der Waals surface area contributed by atoms with Crippen LogP contribution in [-0.4, -0.2) is 39.2 Å². The maximum atomic E-state index is 13.1. The maximum Gasteiger partial charge on any atom is 0.312 e. The van der Waals surface area contributed by atoms with Crippen LogP contribution in [0.15, 0.2) is 0 Å². The fourth-order valence-electron chi connectivity index (χ4n) is 2.85. The van der Waals surface area contributed by atoms with Gasteiger partial charge in [0.25, 0.3) is 0 Å². The van der Waals surface area contributed by atoms with E-state index in [9.17, 15) is 23.8 Å². The number of rotatable bonds is 2. The molecule has 0 amide bonds. The van der Waals surface area contributed by atoms with Crippen molar-refractivity contribution in [2.75, 3.05) is 11.5 Å². The molecular weight excluding hydrogens is 250 g/mol. The molecule has 2 N–H and O–H groups in total. The molecule has 0 bridgehead atoms. The van der Waals surface area contributed by atoms with Crippen molar-refractivity contribution >= 4 is 17.7 Å². The predicted molar refractivity (Wildman–Crippen MR) is 60.4 cm³/mol. The van der Waals surface area contributed by atoms with Crippen LogP contribution in [0, 0.1) is 5.41 Å². The van der Waals surface area contributed by atoms with Crippen molar-refractivity contribution in [1.29, 1.82) is 0 Å². The van der Waals surface area contributed by atoms with E-state index in [-0.39, 0.29) is 12.8 Å². The van der Waals surface area contributed by atoms with Crippen molar-refractivity contribution in [3.63, 3.8) is 0 Å². The molecule has 2 aliphatic rings. The van der Waals surface area contributed by atoms with Gasteiger partial charge in [0.1, 0.15) is 0 Å². The number of hydrogen-bond acceptors (Lipinski definition) is 3. The minimum absolute atomic E-state index is 0.133. The van der Waals surface area contributed by atoms with Crippen molar-refractivity contribution in [3.05, 3.63) is 0 Å². The third-order valence-electron chi connectivity index (χ3n) is 4.14. The van der Waals surface area contributed by atoms with Crippen LogP contribution >= 0.6 is 11.8 Å². The van der Waals surface area contributed by atoms with E-state index >= 15 is 0 Å². The zero-order valence-corrected chi connectivity index (χ0v) is 10.2. The summed E-state index contributed by atoms with van der Waals surface area (Å²) in [6.45, 7) is 0. The molecule has 1 aliphatic carbocycles. The second-order valence-corrected chi connectivity index (χ2v) is 6.18. The largest absolute Gasteiger partial charge is 0.481 e. The Morgan fingerprint density at radius 3 is 2.12 bits per heavy atom. The minimum Gasteiger partial charge on any atom is -0.481 e. The quantitative estimate of drug-likeness (QED) is 0.804. The van der Waals surface area contributed by atoms with Gasteiger partial charge in [-0.1, -0.05) is 0 Å². The second-order valence-electron chi connectivity index (χ2n) is 5.08. The Morgan fingerprint density at radius 1 is 1.12 bits per heavy atom. The zero-order valence-electron chi connectivity index (χ0n) is 9.42. The SMILES string of the molecule is O=C(O)C1(C2(O)CCSC2)CCC(F)(F)CC1. The Bertz CT molecular complexity index is 317. The molecular formula is C11H16F2O3S. The molecule has 2 fully saturated rings. The van der Waals surface area contributed by atoms with E-state index in [1.165, 1.54) is 11.8 Å². The Kier molecular flexibility index (Phi) is 3.14. The number of aliphatic hydroxyl groups is 1. The highest BCUT2D eigenvalue weighted by atomic mass is 32.2. The molecule has 17 heavy (non-hydrogen) atoms. The smallest absolute Gasteiger partial charge is 0.312 e. The lowest BCUT2D eigenvalue weighted by Gasteiger charge is -2.45. The van der Waals surface area contributed by atoms with E-state index < -0.39 is 35.7 Å². The summed E-state index contributed by atoms with van der Waals surface area (Å²) in [4.78, 5) is 11.5. The summed E-state index contributed by atoms with van der Waals surface area (Å²) < 4.78 is 26.3. The van der Waals surface area contributed by atoms with E-state index in [1.54, 1.807) is 0 Å². The van der Waals surface area contributed by atoms with Gasteiger partial charge in [0.05, 0.1) is 11.0 Å². The van der Waals surface area contributed by atoms with Crippen LogP contribution in [0.3, 0.4) is 0 Å². The monoisotopic (exact) mass is 266 g/mol. The number of carboxylic acid groups (broad SMARTS) is 1. The molecule has 0 spiro atoms. The highest BCUT2D eigenvalue weighted by Crippen LogP contribution is 2.53. The molecule has 98 valence electrons. The summed E-state index contributed by atoms with van der Waals surface area (Å²) in [5.41, 5.74) is -2.70. The van der Waals surface area contributed by atoms with E-state index in [2.05, 4.69) is 0 Å². The molecule has 1 saturated heterocycles. The van der Waals surface area contributed by atoms with Gasteiger partial charge in [0.2, 0.25) is 5.92 Å². The van der Waals surface area contributed by atoms with Gasteiger partial charge in [-0.15, -0.1) is 0 Å². The topological polar surface area (TPSA) is 57.5 Å². The normalized spacial score (nSPS) is 35.7. The van der Waals surface area contributed by atoms with Crippen LogP contribution in [0.4, 0.5) is 8.78 Å². The van der Waals surface area contributed by atoms with Crippen LogP contribution in [0.25, 0.3) is 0 Å². The van der Waals surface area contributed by atoms with Gasteiger partial charge >= 0.3 is 5.97 Å². The third-order valence-corrected chi connectivity index (χ3v) is 5.31. The van der Waals surface area contributed by atoms with Crippen LogP contribution in [0.1, 0.15) is 32.1 Å². The van der Waals surface area contributed by atoms with E-state index in [1.807, 2.05) is 0 Å². The first-order chi connectivity index (χ1) is 7.81. The number of carboxylic acids is 1. The molecule has 3 nitrogen and oxygen atoms in total. The number of hydrogen-bond donors (Lipinski definition) is 2. The summed E-state index contributed by atoms with van der Waals surface area (Å²) in [6.07, 6.45) is -0.757. The van der Waals surface area contributed by atoms with Crippen molar-refractivity contribution in [3.8, 4) is 0 Å². The van der Waals surface area contributed by atoms with Crippen molar-refractivity contribution in [1.82, 2.24) is 0 Å². The minimum atomic E-state index is -2.78. The first-order valence-electron chi connectivity index (χ1n) is 5.73. The molecule has 1 aliphatic heterocycles. The Balaban J connectivity index is 2.26. The standard InChI is InChI=1S/C11H16F2O3S/c12-11(13)3-1-9(2-4-11,8(14)15)10(16)5-6-17-7-10/h16H,1-7H2,(H,14,15). The lowest BCUT2D eigenvalue weighted by atomic mass is 9.62. The highest BCUT2D eigenvalue weighted by molar-refractivity contribution is 7.99. The van der Waals surface area contributed by atoms with Crippen LogP contribution in [0.2, 0.25) is 0 Å². The number of halogens is 2. The van der Waals surface area contributed by atoms with Gasteiger partial charge in [-0.25, -0.2) is 8.78 Å². The Hall–Kier alpha value is -0.360. The number of thioether (sulfide) groups is 1. The summed E-state index contributed by atoms with van der Waals surface area (Å²) in [5, 5.41) is 19.8. The molecule has 0 aromatic rings. The van der Waals surface area contributed by atoms with Gasteiger partial charge in [-0.2, -0.15) is 11.8 Å². The fourth-order valence-corrected chi connectivity index (χ4v) is 4.24. The molecule has 6 heteroatoms. The van der Waals surface area contributed by atoms with Crippen LogP contribution in [-0.2, 0) is 4.79 Å². The highest BCUT2D eigenvalue weighted by Gasteiger charge is 2.60. The third kappa shape index (κ3) is 2.05. The molecule has 0 aromatic carbocycles. The molecule has 2 rings (SSSR count). The predicted octanol–water partition coefficient (Wildman–Crippen LogP) is 2.13. The van der Waals surface area contributed by atoms with Crippen LogP contribution < -0.4 is 0 Å². The first kappa shape index (κ1) is 13.1. The Morgan fingerprint density at radius 2 is 1.71 bits per heavy atom. The maximum absolute atomic E-state index is 13.1. The first-order valence-corrected chi connectivity index (χ1v) is 6.88. The average Bonchev–Trinajstić information content (AvgIpc) is 2.66. The summed E-state index contributed by atoms with van der Waals surface area (Å²) in [5.74, 6) is -2.87. The molecule has 1 heterocycles. The van der Waals surface area contributed by atoms with Crippen molar-refractivity contribution in [2.24, 2.45) is 5.41 Å². The second kappa shape index (κ2) is 4.09. The van der Waals surface area contributed by atoms with E-state index in [0.717, 1.165) is 0 Å². The van der Waals surface area contributed by atoms with Gasteiger partial charge in [-0.05, 0) is 25.0 Å². The average molecular weight is 266 g/mol.